The standard InChI is InChI=1S/C15H18BrN3/c1-9-6-4-5-7-12(9)14-13(16)15-17-10(2)8-11(3)19(15)18-14/h4-7,10-11,17H,8H2,1-3H3. The van der Waals surface area contributed by atoms with Crippen LogP contribution < -0.4 is 5.32 Å². The fourth-order valence-electron chi connectivity index (χ4n) is 2.78. The maximum Gasteiger partial charge on any atom is 0.139 e. The van der Waals surface area contributed by atoms with Crippen molar-refractivity contribution in [3.05, 3.63) is 34.3 Å². The van der Waals surface area contributed by atoms with Gasteiger partial charge in [0.2, 0.25) is 0 Å². The number of nitrogens with zero attached hydrogens (tertiary/aromatic N) is 2. The highest BCUT2D eigenvalue weighted by atomic mass is 79.9. The van der Waals surface area contributed by atoms with Crippen LogP contribution in [0.3, 0.4) is 0 Å². The molecule has 1 aromatic heterocycles. The molecule has 2 heterocycles. The Labute approximate surface area is 122 Å². The predicted molar refractivity (Wildman–Crippen MR) is 82.5 cm³/mol. The summed E-state index contributed by atoms with van der Waals surface area (Å²) in [6.45, 7) is 6.56. The summed E-state index contributed by atoms with van der Waals surface area (Å²) in [5, 5.41) is 8.33. The predicted octanol–water partition coefficient (Wildman–Crippen LogP) is 4.39. The number of fused-ring (bicyclic) bond motifs is 1. The number of benzene rings is 1. The molecule has 4 heteroatoms. The van der Waals surface area contributed by atoms with Crippen molar-refractivity contribution in [2.75, 3.05) is 5.32 Å². The van der Waals surface area contributed by atoms with Gasteiger partial charge in [0, 0.05) is 11.6 Å². The third kappa shape index (κ3) is 2.08. The number of rotatable bonds is 1. The van der Waals surface area contributed by atoms with Crippen LogP contribution in [-0.4, -0.2) is 15.8 Å². The zero-order chi connectivity index (χ0) is 13.6. The second-order valence-electron chi connectivity index (χ2n) is 5.40. The summed E-state index contributed by atoms with van der Waals surface area (Å²) in [5.41, 5.74) is 3.47. The highest BCUT2D eigenvalue weighted by Crippen LogP contribution is 2.39. The first-order valence-electron chi connectivity index (χ1n) is 6.68. The summed E-state index contributed by atoms with van der Waals surface area (Å²) in [6, 6.07) is 9.29. The lowest BCUT2D eigenvalue weighted by molar-refractivity contribution is 0.414. The lowest BCUT2D eigenvalue weighted by Crippen LogP contribution is -2.28. The molecule has 3 rings (SSSR count). The normalized spacial score (nSPS) is 21.9. The first-order valence-corrected chi connectivity index (χ1v) is 7.47. The van der Waals surface area contributed by atoms with Crippen molar-refractivity contribution in [2.45, 2.75) is 39.3 Å². The number of hydrogen-bond donors (Lipinski definition) is 1. The van der Waals surface area contributed by atoms with E-state index in [1.54, 1.807) is 0 Å². The molecule has 0 fully saturated rings. The molecule has 19 heavy (non-hydrogen) atoms. The van der Waals surface area contributed by atoms with E-state index in [9.17, 15) is 0 Å². The summed E-state index contributed by atoms with van der Waals surface area (Å²) < 4.78 is 3.17. The van der Waals surface area contributed by atoms with Gasteiger partial charge in [0.15, 0.2) is 0 Å². The van der Waals surface area contributed by atoms with Crippen LogP contribution in [0.2, 0.25) is 0 Å². The van der Waals surface area contributed by atoms with Gasteiger partial charge in [0.25, 0.3) is 0 Å². The summed E-state index contributed by atoms with van der Waals surface area (Å²) >= 11 is 3.72. The van der Waals surface area contributed by atoms with Crippen molar-refractivity contribution in [2.24, 2.45) is 0 Å². The lowest BCUT2D eigenvalue weighted by atomic mass is 10.1. The average Bonchev–Trinajstić information content (AvgIpc) is 2.68. The maximum absolute atomic E-state index is 4.80. The Bertz CT molecular complexity index is 618. The number of hydrogen-bond acceptors (Lipinski definition) is 2. The van der Waals surface area contributed by atoms with Gasteiger partial charge in [-0.1, -0.05) is 24.3 Å². The molecule has 0 amide bonds. The van der Waals surface area contributed by atoms with Gasteiger partial charge in [-0.05, 0) is 48.7 Å². The Morgan fingerprint density at radius 2 is 2.05 bits per heavy atom. The minimum atomic E-state index is 0.431. The third-order valence-electron chi connectivity index (χ3n) is 3.75. The quantitative estimate of drug-likeness (QED) is 0.845. The van der Waals surface area contributed by atoms with Crippen LogP contribution in [0.15, 0.2) is 28.7 Å². The number of aryl methyl sites for hydroxylation is 1. The van der Waals surface area contributed by atoms with Crippen LogP contribution in [0, 0.1) is 6.92 Å². The zero-order valence-electron chi connectivity index (χ0n) is 11.4. The Kier molecular flexibility index (Phi) is 3.13. The second kappa shape index (κ2) is 4.67. The van der Waals surface area contributed by atoms with Crippen molar-refractivity contribution < 1.29 is 0 Å². The van der Waals surface area contributed by atoms with Crippen molar-refractivity contribution >= 4 is 21.7 Å². The first-order chi connectivity index (χ1) is 9.08. The van der Waals surface area contributed by atoms with Crippen LogP contribution >= 0.6 is 15.9 Å². The van der Waals surface area contributed by atoms with Crippen LogP contribution in [0.4, 0.5) is 5.82 Å². The van der Waals surface area contributed by atoms with E-state index in [1.807, 2.05) is 0 Å². The molecule has 2 unspecified atom stereocenters. The third-order valence-corrected chi connectivity index (χ3v) is 4.50. The van der Waals surface area contributed by atoms with Gasteiger partial charge in [-0.15, -0.1) is 0 Å². The fraction of sp³-hybridized carbons (Fsp3) is 0.400. The molecule has 1 N–H and O–H groups in total. The molecule has 0 bridgehead atoms. The molecule has 0 spiro atoms. The van der Waals surface area contributed by atoms with E-state index >= 15 is 0 Å². The van der Waals surface area contributed by atoms with Crippen molar-refractivity contribution in [1.29, 1.82) is 0 Å². The molecule has 0 aliphatic carbocycles. The summed E-state index contributed by atoms with van der Waals surface area (Å²) in [4.78, 5) is 0. The minimum absolute atomic E-state index is 0.431. The van der Waals surface area contributed by atoms with Crippen LogP contribution in [0.25, 0.3) is 11.3 Å². The van der Waals surface area contributed by atoms with Crippen molar-refractivity contribution in [1.82, 2.24) is 9.78 Å². The molecular formula is C15H18BrN3. The Morgan fingerprint density at radius 1 is 1.32 bits per heavy atom. The van der Waals surface area contributed by atoms with Crippen LogP contribution in [-0.2, 0) is 0 Å². The maximum atomic E-state index is 4.80. The van der Waals surface area contributed by atoms with Gasteiger partial charge < -0.3 is 5.32 Å². The molecule has 1 aromatic carbocycles. The topological polar surface area (TPSA) is 29.9 Å². The Morgan fingerprint density at radius 3 is 2.79 bits per heavy atom. The molecule has 0 radical (unpaired) electrons. The molecule has 2 aromatic rings. The SMILES string of the molecule is Cc1ccccc1-c1nn2c(c1Br)NC(C)CC2C. The van der Waals surface area contributed by atoms with Crippen LogP contribution in [0.1, 0.15) is 31.9 Å². The van der Waals surface area contributed by atoms with E-state index in [1.165, 1.54) is 11.1 Å². The lowest BCUT2D eigenvalue weighted by Gasteiger charge is -2.28. The summed E-state index contributed by atoms with van der Waals surface area (Å²) in [6.07, 6.45) is 1.11. The smallest absolute Gasteiger partial charge is 0.139 e. The van der Waals surface area contributed by atoms with Gasteiger partial charge in [0.05, 0.1) is 10.5 Å². The monoisotopic (exact) mass is 319 g/mol. The Hall–Kier alpha value is -1.29. The number of nitrogens with one attached hydrogen (secondary N) is 1. The van der Waals surface area contributed by atoms with E-state index in [4.69, 9.17) is 5.10 Å². The molecule has 0 saturated heterocycles. The minimum Gasteiger partial charge on any atom is -0.367 e. The molecule has 1 aliphatic rings. The number of aromatic nitrogens is 2. The first kappa shape index (κ1) is 12.7. The second-order valence-corrected chi connectivity index (χ2v) is 6.19. The molecule has 100 valence electrons. The molecular weight excluding hydrogens is 302 g/mol. The van der Waals surface area contributed by atoms with Gasteiger partial charge >= 0.3 is 0 Å². The zero-order valence-corrected chi connectivity index (χ0v) is 13.0. The molecule has 0 saturated carbocycles. The molecule has 1 aliphatic heterocycles. The summed E-state index contributed by atoms with van der Waals surface area (Å²) in [5.74, 6) is 1.10. The Balaban J connectivity index is 2.15. The van der Waals surface area contributed by atoms with E-state index < -0.39 is 0 Å². The van der Waals surface area contributed by atoms with Crippen molar-refractivity contribution in [3.8, 4) is 11.3 Å². The van der Waals surface area contributed by atoms with E-state index in [0.717, 1.165) is 22.4 Å². The largest absolute Gasteiger partial charge is 0.367 e. The van der Waals surface area contributed by atoms with Gasteiger partial charge in [-0.2, -0.15) is 5.10 Å². The van der Waals surface area contributed by atoms with E-state index in [0.29, 0.717) is 12.1 Å². The van der Waals surface area contributed by atoms with Crippen LogP contribution in [0.5, 0.6) is 0 Å². The van der Waals surface area contributed by atoms with Crippen molar-refractivity contribution in [3.63, 3.8) is 0 Å². The number of halogens is 1. The van der Waals surface area contributed by atoms with Gasteiger partial charge in [-0.3, -0.25) is 0 Å². The highest BCUT2D eigenvalue weighted by Gasteiger charge is 2.27. The van der Waals surface area contributed by atoms with Gasteiger partial charge in [-0.25, -0.2) is 4.68 Å². The van der Waals surface area contributed by atoms with Gasteiger partial charge in [0.1, 0.15) is 11.5 Å². The fourth-order valence-corrected chi connectivity index (χ4v) is 3.37. The molecule has 2 atom stereocenters. The number of anilines is 1. The van der Waals surface area contributed by atoms with E-state index in [-0.39, 0.29) is 0 Å². The molecule has 3 nitrogen and oxygen atoms in total. The summed E-state index contributed by atoms with van der Waals surface area (Å²) in [7, 11) is 0. The average molecular weight is 320 g/mol. The highest BCUT2D eigenvalue weighted by molar-refractivity contribution is 9.10. The van der Waals surface area contributed by atoms with E-state index in [2.05, 4.69) is 71.0 Å².